The number of hydrogen-bond donors (Lipinski definition) is 0. The molecule has 0 saturated heterocycles. The molecule has 0 atom stereocenters. The van der Waals surface area contributed by atoms with Gasteiger partial charge in [0.1, 0.15) is 10.9 Å². The van der Waals surface area contributed by atoms with Crippen molar-refractivity contribution in [3.8, 4) is 16.5 Å². The molecule has 0 radical (unpaired) electrons. The molecule has 0 N–H and O–H groups in total. The van der Waals surface area contributed by atoms with E-state index in [0.717, 1.165) is 16.2 Å². The van der Waals surface area contributed by atoms with Crippen LogP contribution in [0.3, 0.4) is 0 Å². The van der Waals surface area contributed by atoms with Crippen LogP contribution in [-0.2, 0) is 6.42 Å². The fraction of sp³-hybridized carbons (Fsp3) is 0.154. The summed E-state index contributed by atoms with van der Waals surface area (Å²) >= 11 is 1.54. The van der Waals surface area contributed by atoms with E-state index >= 15 is 0 Å². The van der Waals surface area contributed by atoms with Crippen molar-refractivity contribution in [3.05, 3.63) is 46.8 Å². The molecule has 0 aliphatic heterocycles. The summed E-state index contributed by atoms with van der Waals surface area (Å²) in [5.74, 6) is 0. The Morgan fingerprint density at radius 2 is 1.87 bits per heavy atom. The van der Waals surface area contributed by atoms with Gasteiger partial charge in [0.15, 0.2) is 0 Å². The first-order chi connectivity index (χ1) is 7.33. The maximum atomic E-state index is 8.74. The lowest BCUT2D eigenvalue weighted by Gasteiger charge is -1.99. The monoisotopic (exact) mass is 213 g/mol. The predicted octanol–water partition coefficient (Wildman–Crippen LogP) is 3.85. The number of hydrogen-bond acceptors (Lipinski definition) is 2. The SMILES string of the molecule is CCc1ccc(-c2ccc(C#N)s2)cc1. The summed E-state index contributed by atoms with van der Waals surface area (Å²) in [6, 6.07) is 14.5. The lowest BCUT2D eigenvalue weighted by molar-refractivity contribution is 1.14. The van der Waals surface area contributed by atoms with E-state index in [9.17, 15) is 0 Å². The molecular formula is C13H11NS. The van der Waals surface area contributed by atoms with Gasteiger partial charge < -0.3 is 0 Å². The molecule has 2 heteroatoms. The number of rotatable bonds is 2. The van der Waals surface area contributed by atoms with Crippen molar-refractivity contribution >= 4 is 11.3 Å². The molecule has 0 amide bonds. The van der Waals surface area contributed by atoms with Crippen molar-refractivity contribution in [2.24, 2.45) is 0 Å². The van der Waals surface area contributed by atoms with Gasteiger partial charge in [-0.05, 0) is 29.7 Å². The number of aryl methyl sites for hydroxylation is 1. The molecule has 1 heterocycles. The van der Waals surface area contributed by atoms with E-state index in [2.05, 4.69) is 37.3 Å². The third kappa shape index (κ3) is 2.08. The van der Waals surface area contributed by atoms with Crippen molar-refractivity contribution in [3.63, 3.8) is 0 Å². The molecule has 0 fully saturated rings. The minimum atomic E-state index is 0.768. The van der Waals surface area contributed by atoms with E-state index in [-0.39, 0.29) is 0 Å². The summed E-state index contributed by atoms with van der Waals surface area (Å²) in [4.78, 5) is 1.93. The number of nitriles is 1. The minimum Gasteiger partial charge on any atom is -0.192 e. The van der Waals surface area contributed by atoms with E-state index in [4.69, 9.17) is 5.26 Å². The first-order valence-corrected chi connectivity index (χ1v) is 5.74. The lowest BCUT2D eigenvalue weighted by Crippen LogP contribution is -1.78. The average molecular weight is 213 g/mol. The molecule has 0 unspecified atom stereocenters. The molecule has 1 aromatic carbocycles. The largest absolute Gasteiger partial charge is 0.192 e. The van der Waals surface area contributed by atoms with Crippen LogP contribution in [0.15, 0.2) is 36.4 Å². The van der Waals surface area contributed by atoms with Crippen LogP contribution in [0.1, 0.15) is 17.4 Å². The Hall–Kier alpha value is -1.59. The quantitative estimate of drug-likeness (QED) is 0.743. The van der Waals surface area contributed by atoms with Crippen molar-refractivity contribution in [2.45, 2.75) is 13.3 Å². The topological polar surface area (TPSA) is 23.8 Å². The summed E-state index contributed by atoms with van der Waals surface area (Å²) in [6.07, 6.45) is 1.06. The summed E-state index contributed by atoms with van der Waals surface area (Å²) in [5.41, 5.74) is 2.54. The van der Waals surface area contributed by atoms with Gasteiger partial charge in [-0.15, -0.1) is 11.3 Å². The van der Waals surface area contributed by atoms with Crippen LogP contribution in [0.4, 0.5) is 0 Å². The van der Waals surface area contributed by atoms with Crippen LogP contribution >= 0.6 is 11.3 Å². The molecular weight excluding hydrogens is 202 g/mol. The number of thiophene rings is 1. The number of nitrogens with zero attached hydrogens (tertiary/aromatic N) is 1. The Balaban J connectivity index is 2.33. The van der Waals surface area contributed by atoms with Crippen LogP contribution in [0.25, 0.3) is 10.4 Å². The van der Waals surface area contributed by atoms with Crippen molar-refractivity contribution in [2.75, 3.05) is 0 Å². The van der Waals surface area contributed by atoms with E-state index in [1.165, 1.54) is 22.5 Å². The van der Waals surface area contributed by atoms with E-state index in [1.807, 2.05) is 12.1 Å². The zero-order valence-corrected chi connectivity index (χ0v) is 9.34. The summed E-state index contributed by atoms with van der Waals surface area (Å²) in [5, 5.41) is 8.74. The molecule has 15 heavy (non-hydrogen) atoms. The molecule has 0 aliphatic rings. The van der Waals surface area contributed by atoms with Gasteiger partial charge >= 0.3 is 0 Å². The second-order valence-corrected chi connectivity index (χ2v) is 4.41. The lowest BCUT2D eigenvalue weighted by atomic mass is 10.1. The highest BCUT2D eigenvalue weighted by atomic mass is 32.1. The molecule has 0 bridgehead atoms. The van der Waals surface area contributed by atoms with Gasteiger partial charge in [0.05, 0.1) is 0 Å². The molecule has 2 rings (SSSR count). The van der Waals surface area contributed by atoms with Crippen LogP contribution in [0.5, 0.6) is 0 Å². The first kappa shape index (κ1) is 9.95. The minimum absolute atomic E-state index is 0.768. The van der Waals surface area contributed by atoms with Gasteiger partial charge in [-0.3, -0.25) is 0 Å². The Morgan fingerprint density at radius 1 is 1.13 bits per heavy atom. The Bertz CT molecular complexity index is 488. The molecule has 0 saturated carbocycles. The average Bonchev–Trinajstić information content (AvgIpc) is 2.78. The number of benzene rings is 1. The van der Waals surface area contributed by atoms with Gasteiger partial charge in [0.25, 0.3) is 0 Å². The van der Waals surface area contributed by atoms with Crippen LogP contribution in [0, 0.1) is 11.3 Å². The smallest absolute Gasteiger partial charge is 0.110 e. The molecule has 0 aliphatic carbocycles. The summed E-state index contributed by atoms with van der Waals surface area (Å²) < 4.78 is 0. The summed E-state index contributed by atoms with van der Waals surface area (Å²) in [6.45, 7) is 2.15. The van der Waals surface area contributed by atoms with Gasteiger partial charge in [0, 0.05) is 4.88 Å². The molecule has 1 aromatic heterocycles. The van der Waals surface area contributed by atoms with Gasteiger partial charge in [-0.2, -0.15) is 5.26 Å². The molecule has 74 valence electrons. The summed E-state index contributed by atoms with van der Waals surface area (Å²) in [7, 11) is 0. The Morgan fingerprint density at radius 3 is 2.40 bits per heavy atom. The van der Waals surface area contributed by atoms with Crippen LogP contribution in [0.2, 0.25) is 0 Å². The maximum absolute atomic E-state index is 8.74. The standard InChI is InChI=1S/C13H11NS/c1-2-10-3-5-11(6-4-10)13-8-7-12(9-14)15-13/h3-8H,2H2,1H3. The third-order valence-corrected chi connectivity index (χ3v) is 3.40. The highest BCUT2D eigenvalue weighted by Gasteiger charge is 2.01. The van der Waals surface area contributed by atoms with Crippen molar-refractivity contribution < 1.29 is 0 Å². The van der Waals surface area contributed by atoms with E-state index < -0.39 is 0 Å². The third-order valence-electron chi connectivity index (χ3n) is 2.36. The fourth-order valence-electron chi connectivity index (χ4n) is 1.46. The van der Waals surface area contributed by atoms with Gasteiger partial charge in [0.2, 0.25) is 0 Å². The molecule has 0 spiro atoms. The van der Waals surface area contributed by atoms with Crippen molar-refractivity contribution in [1.29, 1.82) is 5.26 Å². The van der Waals surface area contributed by atoms with Gasteiger partial charge in [-0.25, -0.2) is 0 Å². The highest BCUT2D eigenvalue weighted by molar-refractivity contribution is 7.16. The van der Waals surface area contributed by atoms with Crippen LogP contribution < -0.4 is 0 Å². The molecule has 1 nitrogen and oxygen atoms in total. The molecule has 2 aromatic rings. The van der Waals surface area contributed by atoms with Crippen molar-refractivity contribution in [1.82, 2.24) is 0 Å². The van der Waals surface area contributed by atoms with Crippen LogP contribution in [-0.4, -0.2) is 0 Å². The maximum Gasteiger partial charge on any atom is 0.110 e. The predicted molar refractivity (Wildman–Crippen MR) is 63.8 cm³/mol. The fourth-order valence-corrected chi connectivity index (χ4v) is 2.27. The second kappa shape index (κ2) is 4.29. The Kier molecular flexibility index (Phi) is 2.84. The van der Waals surface area contributed by atoms with E-state index in [0.29, 0.717) is 0 Å². The normalized spacial score (nSPS) is 9.87. The van der Waals surface area contributed by atoms with Gasteiger partial charge in [-0.1, -0.05) is 31.2 Å². The zero-order valence-electron chi connectivity index (χ0n) is 8.53. The van der Waals surface area contributed by atoms with E-state index in [1.54, 1.807) is 0 Å². The second-order valence-electron chi connectivity index (χ2n) is 3.33. The Labute approximate surface area is 93.6 Å². The zero-order chi connectivity index (χ0) is 10.7. The first-order valence-electron chi connectivity index (χ1n) is 4.92. The highest BCUT2D eigenvalue weighted by Crippen LogP contribution is 2.27.